The molecule has 0 saturated carbocycles. The summed E-state index contributed by atoms with van der Waals surface area (Å²) in [5.74, 6) is -0.355. The van der Waals surface area contributed by atoms with Gasteiger partial charge in [-0.1, -0.05) is 17.7 Å². The molecule has 2 aromatic carbocycles. The summed E-state index contributed by atoms with van der Waals surface area (Å²) in [6.07, 6.45) is 0. The molecule has 23 heavy (non-hydrogen) atoms. The maximum atomic E-state index is 12.1. The third-order valence-corrected chi connectivity index (χ3v) is 4.25. The van der Waals surface area contributed by atoms with Crippen LogP contribution >= 0.6 is 11.8 Å². The zero-order chi connectivity index (χ0) is 16.8. The molecule has 0 bridgehead atoms. The van der Waals surface area contributed by atoms with E-state index >= 15 is 0 Å². The molecule has 0 aromatic heterocycles. The van der Waals surface area contributed by atoms with Gasteiger partial charge in [0.15, 0.2) is 0 Å². The number of esters is 2. The van der Waals surface area contributed by atoms with Gasteiger partial charge in [-0.15, -0.1) is 11.8 Å². The molecule has 0 aliphatic heterocycles. The SMILES string of the molecule is COC(=O)c1ccc(OC(=O)[C@H](C)Sc2ccc(C)cc2)cc1. The van der Waals surface area contributed by atoms with Crippen molar-refractivity contribution >= 4 is 23.7 Å². The van der Waals surface area contributed by atoms with Crippen LogP contribution in [-0.2, 0) is 9.53 Å². The van der Waals surface area contributed by atoms with Crippen molar-refractivity contribution in [2.45, 2.75) is 24.0 Å². The van der Waals surface area contributed by atoms with Gasteiger partial charge in [0.05, 0.1) is 12.7 Å². The third-order valence-electron chi connectivity index (χ3n) is 3.16. The van der Waals surface area contributed by atoms with Gasteiger partial charge >= 0.3 is 11.9 Å². The minimum atomic E-state index is -0.425. The Labute approximate surface area is 139 Å². The second-order valence-electron chi connectivity index (χ2n) is 5.01. The number of rotatable bonds is 5. The molecule has 2 aromatic rings. The summed E-state index contributed by atoms with van der Waals surface area (Å²) in [4.78, 5) is 24.5. The summed E-state index contributed by atoms with van der Waals surface area (Å²) in [6.45, 7) is 3.82. The average Bonchev–Trinajstić information content (AvgIpc) is 2.56. The van der Waals surface area contributed by atoms with Gasteiger partial charge in [-0.3, -0.25) is 4.79 Å². The molecule has 0 N–H and O–H groups in total. The molecular weight excluding hydrogens is 312 g/mol. The molecule has 0 spiro atoms. The molecule has 0 aliphatic carbocycles. The summed E-state index contributed by atoms with van der Waals surface area (Å²) >= 11 is 1.44. The van der Waals surface area contributed by atoms with Crippen LogP contribution in [0.25, 0.3) is 0 Å². The fourth-order valence-corrected chi connectivity index (χ4v) is 2.69. The molecule has 0 heterocycles. The molecular formula is C18H18O4S. The Balaban J connectivity index is 1.95. The predicted molar refractivity (Wildman–Crippen MR) is 89.9 cm³/mol. The van der Waals surface area contributed by atoms with E-state index < -0.39 is 5.97 Å². The Bertz CT molecular complexity index is 677. The van der Waals surface area contributed by atoms with Crippen LogP contribution in [0.15, 0.2) is 53.4 Å². The van der Waals surface area contributed by atoms with Crippen LogP contribution < -0.4 is 4.74 Å². The number of carbonyl (C=O) groups excluding carboxylic acids is 2. The van der Waals surface area contributed by atoms with Crippen molar-refractivity contribution < 1.29 is 19.1 Å². The van der Waals surface area contributed by atoms with Gasteiger partial charge in [0.25, 0.3) is 0 Å². The number of hydrogen-bond donors (Lipinski definition) is 0. The minimum absolute atomic E-state index is 0.332. The number of methoxy groups -OCH3 is 1. The fraction of sp³-hybridized carbons (Fsp3) is 0.222. The summed E-state index contributed by atoms with van der Waals surface area (Å²) in [6, 6.07) is 14.3. The number of thioether (sulfide) groups is 1. The average molecular weight is 330 g/mol. The number of ether oxygens (including phenoxy) is 2. The lowest BCUT2D eigenvalue weighted by Crippen LogP contribution is -2.19. The molecule has 0 radical (unpaired) electrons. The third kappa shape index (κ3) is 4.86. The number of carbonyl (C=O) groups is 2. The molecule has 120 valence electrons. The predicted octanol–water partition coefficient (Wildman–Crippen LogP) is 3.87. The molecule has 2 rings (SSSR count). The van der Waals surface area contributed by atoms with Gasteiger partial charge in [0, 0.05) is 4.90 Å². The highest BCUT2D eigenvalue weighted by Gasteiger charge is 2.17. The lowest BCUT2D eigenvalue weighted by atomic mass is 10.2. The van der Waals surface area contributed by atoms with E-state index in [-0.39, 0.29) is 11.2 Å². The van der Waals surface area contributed by atoms with Crippen molar-refractivity contribution in [3.8, 4) is 5.75 Å². The van der Waals surface area contributed by atoms with Crippen molar-refractivity contribution in [3.05, 3.63) is 59.7 Å². The first-order valence-corrected chi connectivity index (χ1v) is 8.01. The maximum Gasteiger partial charge on any atom is 0.337 e. The molecule has 0 amide bonds. The van der Waals surface area contributed by atoms with Gasteiger partial charge in [0.2, 0.25) is 0 Å². The first-order chi connectivity index (χ1) is 11.0. The van der Waals surface area contributed by atoms with E-state index in [1.807, 2.05) is 31.2 Å². The maximum absolute atomic E-state index is 12.1. The zero-order valence-corrected chi connectivity index (χ0v) is 14.1. The number of benzene rings is 2. The molecule has 1 atom stereocenters. The highest BCUT2D eigenvalue weighted by molar-refractivity contribution is 8.00. The quantitative estimate of drug-likeness (QED) is 0.473. The first-order valence-electron chi connectivity index (χ1n) is 7.13. The summed E-state index contributed by atoms with van der Waals surface area (Å²) < 4.78 is 9.95. The van der Waals surface area contributed by atoms with Gasteiger partial charge < -0.3 is 9.47 Å². The Morgan fingerprint density at radius 1 is 1.00 bits per heavy atom. The smallest absolute Gasteiger partial charge is 0.337 e. The Morgan fingerprint density at radius 2 is 1.61 bits per heavy atom. The van der Waals surface area contributed by atoms with E-state index in [0.29, 0.717) is 11.3 Å². The second-order valence-corrected chi connectivity index (χ2v) is 6.42. The van der Waals surface area contributed by atoms with E-state index in [2.05, 4.69) is 4.74 Å². The van der Waals surface area contributed by atoms with Crippen LogP contribution in [0.4, 0.5) is 0 Å². The molecule has 0 aliphatic rings. The number of hydrogen-bond acceptors (Lipinski definition) is 5. The van der Waals surface area contributed by atoms with Crippen LogP contribution in [0.1, 0.15) is 22.8 Å². The lowest BCUT2D eigenvalue weighted by Gasteiger charge is -2.11. The zero-order valence-electron chi connectivity index (χ0n) is 13.2. The van der Waals surface area contributed by atoms with Gasteiger partial charge in [-0.25, -0.2) is 4.79 Å². The topological polar surface area (TPSA) is 52.6 Å². The first kappa shape index (κ1) is 17.1. The number of aryl methyl sites for hydroxylation is 1. The normalized spacial score (nSPS) is 11.6. The highest BCUT2D eigenvalue weighted by Crippen LogP contribution is 2.25. The highest BCUT2D eigenvalue weighted by atomic mass is 32.2. The Morgan fingerprint density at radius 3 is 2.17 bits per heavy atom. The molecule has 0 unspecified atom stereocenters. The Hall–Kier alpha value is -2.27. The second kappa shape index (κ2) is 7.83. The van der Waals surface area contributed by atoms with Crippen LogP contribution in [0.5, 0.6) is 5.75 Å². The molecule has 5 heteroatoms. The van der Waals surface area contributed by atoms with Crippen LogP contribution in [-0.4, -0.2) is 24.3 Å². The standard InChI is InChI=1S/C18H18O4S/c1-12-4-10-16(11-5-12)23-13(2)17(19)22-15-8-6-14(7-9-15)18(20)21-3/h4-11,13H,1-3H3/t13-/m0/s1. The van der Waals surface area contributed by atoms with Crippen molar-refractivity contribution in [1.29, 1.82) is 0 Å². The monoisotopic (exact) mass is 330 g/mol. The van der Waals surface area contributed by atoms with Gasteiger partial charge in [-0.2, -0.15) is 0 Å². The Kier molecular flexibility index (Phi) is 5.82. The molecule has 0 saturated heterocycles. The summed E-state index contributed by atoms with van der Waals surface area (Å²) in [5, 5.41) is -0.335. The van der Waals surface area contributed by atoms with Crippen LogP contribution in [0, 0.1) is 6.92 Å². The lowest BCUT2D eigenvalue weighted by molar-refractivity contribution is -0.133. The van der Waals surface area contributed by atoms with Gasteiger partial charge in [0.1, 0.15) is 11.0 Å². The van der Waals surface area contributed by atoms with E-state index in [4.69, 9.17) is 4.74 Å². The largest absolute Gasteiger partial charge is 0.465 e. The molecule has 0 fully saturated rings. The van der Waals surface area contributed by atoms with Crippen molar-refractivity contribution in [2.75, 3.05) is 7.11 Å². The summed E-state index contributed by atoms with van der Waals surface area (Å²) in [7, 11) is 1.32. The van der Waals surface area contributed by atoms with E-state index in [1.165, 1.54) is 24.4 Å². The van der Waals surface area contributed by atoms with E-state index in [1.54, 1.807) is 31.2 Å². The molecule has 4 nitrogen and oxygen atoms in total. The van der Waals surface area contributed by atoms with Crippen molar-refractivity contribution in [3.63, 3.8) is 0 Å². The van der Waals surface area contributed by atoms with Crippen molar-refractivity contribution in [2.24, 2.45) is 0 Å². The fourth-order valence-electron chi connectivity index (χ4n) is 1.85. The summed E-state index contributed by atoms with van der Waals surface area (Å²) in [5.41, 5.74) is 1.59. The van der Waals surface area contributed by atoms with Crippen LogP contribution in [0.3, 0.4) is 0 Å². The van der Waals surface area contributed by atoms with Gasteiger partial charge in [-0.05, 0) is 50.2 Å². The van der Waals surface area contributed by atoms with E-state index in [9.17, 15) is 9.59 Å². The van der Waals surface area contributed by atoms with Crippen molar-refractivity contribution in [1.82, 2.24) is 0 Å². The van der Waals surface area contributed by atoms with E-state index in [0.717, 1.165) is 4.90 Å². The van der Waals surface area contributed by atoms with Crippen LogP contribution in [0.2, 0.25) is 0 Å². The minimum Gasteiger partial charge on any atom is -0.465 e.